The lowest BCUT2D eigenvalue weighted by Gasteiger charge is -2.37. The molecule has 0 spiro atoms. The summed E-state index contributed by atoms with van der Waals surface area (Å²) in [7, 11) is 0. The normalized spacial score (nSPS) is 18.0. The standard InChI is InChI=1S/C19H20F3NO2S/c1-12-7-10-26-17(12)16(23-8-5-13(6-9-23)18(24)25)14-3-2-4-15(11-14)19(20,21)22/h2-4,7,10-11,13,16H,5-6,8-9H2,1H3,(H,24,25). The van der Waals surface area contributed by atoms with Crippen LogP contribution in [0.5, 0.6) is 0 Å². The van der Waals surface area contributed by atoms with Crippen LogP contribution in [-0.4, -0.2) is 29.1 Å². The third-order valence-corrected chi connectivity index (χ3v) is 6.00. The zero-order valence-electron chi connectivity index (χ0n) is 14.3. The van der Waals surface area contributed by atoms with Crippen molar-refractivity contribution in [2.75, 3.05) is 13.1 Å². The molecule has 1 N–H and O–H groups in total. The first-order valence-electron chi connectivity index (χ1n) is 8.45. The van der Waals surface area contributed by atoms with Crippen molar-refractivity contribution < 1.29 is 23.1 Å². The molecular weight excluding hydrogens is 363 g/mol. The molecule has 26 heavy (non-hydrogen) atoms. The van der Waals surface area contributed by atoms with Gasteiger partial charge in [-0.1, -0.05) is 12.1 Å². The Hall–Kier alpha value is -1.86. The van der Waals surface area contributed by atoms with Gasteiger partial charge in [0.05, 0.1) is 17.5 Å². The summed E-state index contributed by atoms with van der Waals surface area (Å²) in [5.41, 5.74) is 0.978. The molecule has 140 valence electrons. The minimum atomic E-state index is -4.39. The number of benzene rings is 1. The van der Waals surface area contributed by atoms with E-state index in [0.717, 1.165) is 16.5 Å². The van der Waals surface area contributed by atoms with Crippen LogP contribution in [0.25, 0.3) is 0 Å². The molecule has 1 atom stereocenters. The highest BCUT2D eigenvalue weighted by molar-refractivity contribution is 7.10. The fourth-order valence-electron chi connectivity index (χ4n) is 3.48. The number of halogens is 3. The number of aliphatic carboxylic acids is 1. The highest BCUT2D eigenvalue weighted by Crippen LogP contribution is 2.39. The number of carboxylic acids is 1. The van der Waals surface area contributed by atoms with Gasteiger partial charge in [-0.25, -0.2) is 0 Å². The van der Waals surface area contributed by atoms with Gasteiger partial charge in [-0.05, 0) is 67.6 Å². The summed E-state index contributed by atoms with van der Waals surface area (Å²) in [6.07, 6.45) is -3.37. The number of nitrogens with zero attached hydrogens (tertiary/aromatic N) is 1. The molecule has 3 nitrogen and oxygen atoms in total. The first-order valence-corrected chi connectivity index (χ1v) is 9.33. The lowest BCUT2D eigenvalue weighted by molar-refractivity contribution is -0.143. The average Bonchev–Trinajstić information content (AvgIpc) is 3.01. The fraction of sp³-hybridized carbons (Fsp3) is 0.421. The molecule has 0 saturated carbocycles. The molecule has 1 fully saturated rings. The van der Waals surface area contributed by atoms with E-state index in [-0.39, 0.29) is 12.0 Å². The van der Waals surface area contributed by atoms with Crippen molar-refractivity contribution in [3.05, 3.63) is 57.3 Å². The smallest absolute Gasteiger partial charge is 0.416 e. The first kappa shape index (κ1) is 18.9. The molecule has 7 heteroatoms. The van der Waals surface area contributed by atoms with E-state index in [1.807, 2.05) is 18.4 Å². The predicted octanol–water partition coefficient (Wildman–Crippen LogP) is 4.96. The van der Waals surface area contributed by atoms with Gasteiger partial charge in [-0.2, -0.15) is 13.2 Å². The topological polar surface area (TPSA) is 40.5 Å². The molecule has 1 aromatic heterocycles. The van der Waals surface area contributed by atoms with Crippen LogP contribution in [0.2, 0.25) is 0 Å². The molecule has 1 aliphatic rings. The Labute approximate surface area is 154 Å². The minimum absolute atomic E-state index is 0.285. The van der Waals surface area contributed by atoms with Crippen LogP contribution >= 0.6 is 11.3 Å². The number of carbonyl (C=O) groups is 1. The highest BCUT2D eigenvalue weighted by Gasteiger charge is 2.34. The van der Waals surface area contributed by atoms with Gasteiger partial charge < -0.3 is 5.11 Å². The zero-order valence-corrected chi connectivity index (χ0v) is 15.1. The molecule has 2 aromatic rings. The van der Waals surface area contributed by atoms with Crippen LogP contribution in [0.3, 0.4) is 0 Å². The Morgan fingerprint density at radius 2 is 1.96 bits per heavy atom. The van der Waals surface area contributed by atoms with Crippen LogP contribution in [0.4, 0.5) is 13.2 Å². The van der Waals surface area contributed by atoms with E-state index in [1.165, 1.54) is 23.5 Å². The van der Waals surface area contributed by atoms with Crippen molar-refractivity contribution in [2.24, 2.45) is 5.92 Å². The number of thiophene rings is 1. The molecule has 0 radical (unpaired) electrons. The second-order valence-electron chi connectivity index (χ2n) is 6.64. The molecule has 0 aliphatic carbocycles. The Morgan fingerprint density at radius 3 is 2.50 bits per heavy atom. The molecule has 1 saturated heterocycles. The molecular formula is C19H20F3NO2S. The van der Waals surface area contributed by atoms with E-state index >= 15 is 0 Å². The number of alkyl halides is 3. The zero-order chi connectivity index (χ0) is 18.9. The van der Waals surface area contributed by atoms with Crippen LogP contribution < -0.4 is 0 Å². The number of carboxylic acid groups (broad SMARTS) is 1. The highest BCUT2D eigenvalue weighted by atomic mass is 32.1. The van der Waals surface area contributed by atoms with E-state index in [1.54, 1.807) is 6.07 Å². The summed E-state index contributed by atoms with van der Waals surface area (Å²) in [4.78, 5) is 14.3. The lowest BCUT2D eigenvalue weighted by atomic mass is 9.92. The van der Waals surface area contributed by atoms with E-state index in [2.05, 4.69) is 4.90 Å². The van der Waals surface area contributed by atoms with Gasteiger partial charge >= 0.3 is 12.1 Å². The van der Waals surface area contributed by atoms with E-state index in [0.29, 0.717) is 31.5 Å². The Bertz CT molecular complexity index is 779. The van der Waals surface area contributed by atoms with Crippen molar-refractivity contribution in [1.82, 2.24) is 4.90 Å². The molecule has 1 unspecified atom stereocenters. The number of likely N-dealkylation sites (tertiary alicyclic amines) is 1. The van der Waals surface area contributed by atoms with Crippen LogP contribution in [0.15, 0.2) is 35.7 Å². The van der Waals surface area contributed by atoms with Crippen molar-refractivity contribution >= 4 is 17.3 Å². The third kappa shape index (κ3) is 3.94. The quantitative estimate of drug-likeness (QED) is 0.811. The van der Waals surface area contributed by atoms with Crippen molar-refractivity contribution in [3.63, 3.8) is 0 Å². The van der Waals surface area contributed by atoms with Gasteiger partial charge in [0.2, 0.25) is 0 Å². The maximum absolute atomic E-state index is 13.2. The number of piperidine rings is 1. The SMILES string of the molecule is Cc1ccsc1C(c1cccc(C(F)(F)F)c1)N1CCC(C(=O)O)CC1. The molecule has 2 heterocycles. The summed E-state index contributed by atoms with van der Waals surface area (Å²) in [5.74, 6) is -1.18. The Kier molecular flexibility index (Phi) is 5.39. The van der Waals surface area contributed by atoms with Gasteiger partial charge in [0.15, 0.2) is 0 Å². The van der Waals surface area contributed by atoms with E-state index < -0.39 is 17.7 Å². The number of aryl methyl sites for hydroxylation is 1. The van der Waals surface area contributed by atoms with E-state index in [4.69, 9.17) is 0 Å². The molecule has 3 rings (SSSR count). The van der Waals surface area contributed by atoms with Gasteiger partial charge in [0.1, 0.15) is 0 Å². The van der Waals surface area contributed by atoms with Gasteiger partial charge in [0.25, 0.3) is 0 Å². The average molecular weight is 383 g/mol. The predicted molar refractivity (Wildman–Crippen MR) is 94.3 cm³/mol. The number of hydrogen-bond donors (Lipinski definition) is 1. The molecule has 0 amide bonds. The van der Waals surface area contributed by atoms with Crippen molar-refractivity contribution in [2.45, 2.75) is 32.0 Å². The third-order valence-electron chi connectivity index (χ3n) is 4.92. The van der Waals surface area contributed by atoms with Gasteiger partial charge in [-0.15, -0.1) is 11.3 Å². The van der Waals surface area contributed by atoms with Crippen molar-refractivity contribution in [3.8, 4) is 0 Å². The molecule has 1 aliphatic heterocycles. The minimum Gasteiger partial charge on any atom is -0.481 e. The fourth-order valence-corrected chi connectivity index (χ4v) is 4.57. The second kappa shape index (κ2) is 7.40. The maximum Gasteiger partial charge on any atom is 0.416 e. The van der Waals surface area contributed by atoms with Crippen LogP contribution in [0, 0.1) is 12.8 Å². The largest absolute Gasteiger partial charge is 0.481 e. The molecule has 1 aromatic carbocycles. The summed E-state index contributed by atoms with van der Waals surface area (Å²) >= 11 is 1.53. The first-order chi connectivity index (χ1) is 12.3. The van der Waals surface area contributed by atoms with Crippen LogP contribution in [-0.2, 0) is 11.0 Å². The number of hydrogen-bond acceptors (Lipinski definition) is 3. The second-order valence-corrected chi connectivity index (χ2v) is 7.59. The van der Waals surface area contributed by atoms with E-state index in [9.17, 15) is 23.1 Å². The van der Waals surface area contributed by atoms with Crippen LogP contribution in [0.1, 0.15) is 40.5 Å². The Balaban J connectivity index is 1.96. The Morgan fingerprint density at radius 1 is 1.27 bits per heavy atom. The number of rotatable bonds is 4. The summed E-state index contributed by atoms with van der Waals surface area (Å²) in [6.45, 7) is 3.06. The summed E-state index contributed by atoms with van der Waals surface area (Å²) in [5, 5.41) is 11.1. The molecule has 0 bridgehead atoms. The summed E-state index contributed by atoms with van der Waals surface area (Å²) in [6, 6.07) is 7.14. The van der Waals surface area contributed by atoms with Gasteiger partial charge in [0, 0.05) is 4.88 Å². The van der Waals surface area contributed by atoms with Gasteiger partial charge in [-0.3, -0.25) is 9.69 Å². The van der Waals surface area contributed by atoms with Crippen molar-refractivity contribution in [1.29, 1.82) is 0 Å². The monoisotopic (exact) mass is 383 g/mol. The summed E-state index contributed by atoms with van der Waals surface area (Å²) < 4.78 is 39.5. The lowest BCUT2D eigenvalue weighted by Crippen LogP contribution is -2.39. The maximum atomic E-state index is 13.2.